The molecule has 1 rings (SSSR count). The van der Waals surface area contributed by atoms with Crippen LogP contribution in [0.2, 0.25) is 0 Å². The van der Waals surface area contributed by atoms with Crippen molar-refractivity contribution in [3.63, 3.8) is 0 Å². The van der Waals surface area contributed by atoms with Gasteiger partial charge in [-0.3, -0.25) is 4.79 Å². The number of nitrogens with one attached hydrogen (secondary N) is 1. The highest BCUT2D eigenvalue weighted by atomic mass is 32.2. The zero-order valence-electron chi connectivity index (χ0n) is 11.2. The molecule has 1 aromatic carbocycles. The highest BCUT2D eigenvalue weighted by molar-refractivity contribution is 7.90. The van der Waals surface area contributed by atoms with Gasteiger partial charge >= 0.3 is 0 Å². The molecule has 0 saturated heterocycles. The summed E-state index contributed by atoms with van der Waals surface area (Å²) < 4.78 is 27.8. The van der Waals surface area contributed by atoms with Crippen molar-refractivity contribution < 1.29 is 17.9 Å². The Kier molecular flexibility index (Phi) is 5.82. The van der Waals surface area contributed by atoms with Crippen LogP contribution in [0.15, 0.2) is 29.2 Å². The van der Waals surface area contributed by atoms with Crippen molar-refractivity contribution in [3.8, 4) is 5.75 Å². The van der Waals surface area contributed by atoms with Gasteiger partial charge in [0.25, 0.3) is 5.91 Å². The summed E-state index contributed by atoms with van der Waals surface area (Å²) in [6.07, 6.45) is 3.10. The summed E-state index contributed by atoms with van der Waals surface area (Å²) >= 11 is 0. The lowest BCUT2D eigenvalue weighted by molar-refractivity contribution is -0.123. The maximum atomic E-state index is 11.4. The first-order valence-electron chi connectivity index (χ1n) is 6.13. The minimum Gasteiger partial charge on any atom is -0.484 e. The van der Waals surface area contributed by atoms with Crippen LogP contribution in [0.4, 0.5) is 0 Å². The Labute approximate surface area is 113 Å². The Morgan fingerprint density at radius 1 is 1.26 bits per heavy atom. The zero-order chi connectivity index (χ0) is 14.3. The average molecular weight is 285 g/mol. The third-order valence-electron chi connectivity index (χ3n) is 2.47. The average Bonchev–Trinajstić information content (AvgIpc) is 2.36. The number of carbonyl (C=O) groups excluding carboxylic acids is 1. The molecule has 0 fully saturated rings. The molecule has 19 heavy (non-hydrogen) atoms. The van der Waals surface area contributed by atoms with E-state index in [1.807, 2.05) is 6.92 Å². The molecule has 0 aromatic heterocycles. The second-order valence-electron chi connectivity index (χ2n) is 4.24. The van der Waals surface area contributed by atoms with Crippen LogP contribution in [0.25, 0.3) is 0 Å². The lowest BCUT2D eigenvalue weighted by atomic mass is 10.3. The molecular weight excluding hydrogens is 266 g/mol. The van der Waals surface area contributed by atoms with E-state index in [4.69, 9.17) is 4.74 Å². The van der Waals surface area contributed by atoms with Gasteiger partial charge in [0.05, 0.1) is 4.90 Å². The van der Waals surface area contributed by atoms with Crippen LogP contribution >= 0.6 is 0 Å². The fraction of sp³-hybridized carbons (Fsp3) is 0.462. The van der Waals surface area contributed by atoms with E-state index in [0.29, 0.717) is 12.3 Å². The molecule has 1 aromatic rings. The minimum absolute atomic E-state index is 0.0675. The third-order valence-corrected chi connectivity index (χ3v) is 3.60. The molecule has 0 bridgehead atoms. The van der Waals surface area contributed by atoms with E-state index in [0.717, 1.165) is 19.1 Å². The van der Waals surface area contributed by atoms with Gasteiger partial charge in [-0.2, -0.15) is 0 Å². The van der Waals surface area contributed by atoms with Gasteiger partial charge < -0.3 is 10.1 Å². The summed E-state index contributed by atoms with van der Waals surface area (Å²) in [5.74, 6) is 0.290. The lowest BCUT2D eigenvalue weighted by Gasteiger charge is -2.07. The van der Waals surface area contributed by atoms with Crippen molar-refractivity contribution in [2.75, 3.05) is 19.4 Å². The van der Waals surface area contributed by atoms with Gasteiger partial charge in [0.1, 0.15) is 5.75 Å². The number of amides is 1. The molecule has 1 N–H and O–H groups in total. The first-order valence-corrected chi connectivity index (χ1v) is 8.02. The molecule has 0 spiro atoms. The van der Waals surface area contributed by atoms with Gasteiger partial charge in [0, 0.05) is 12.8 Å². The van der Waals surface area contributed by atoms with Crippen LogP contribution in [0.3, 0.4) is 0 Å². The van der Waals surface area contributed by atoms with Crippen LogP contribution in [-0.2, 0) is 14.6 Å². The van der Waals surface area contributed by atoms with Crippen LogP contribution in [-0.4, -0.2) is 33.7 Å². The van der Waals surface area contributed by atoms with Gasteiger partial charge in [-0.05, 0) is 30.7 Å². The topological polar surface area (TPSA) is 72.5 Å². The van der Waals surface area contributed by atoms with Crippen LogP contribution < -0.4 is 10.1 Å². The van der Waals surface area contributed by atoms with Gasteiger partial charge in [-0.1, -0.05) is 13.3 Å². The quantitative estimate of drug-likeness (QED) is 0.768. The Morgan fingerprint density at radius 3 is 2.42 bits per heavy atom. The van der Waals surface area contributed by atoms with Gasteiger partial charge in [-0.25, -0.2) is 8.42 Å². The summed E-state index contributed by atoms with van der Waals surface area (Å²) in [5.41, 5.74) is 0. The van der Waals surface area contributed by atoms with E-state index >= 15 is 0 Å². The standard InChI is InChI=1S/C13H19NO4S/c1-3-4-9-14-13(15)10-18-11-5-7-12(8-6-11)19(2,16)17/h5-8H,3-4,9-10H2,1-2H3,(H,14,15). The molecule has 0 saturated carbocycles. The van der Waals surface area contributed by atoms with Crippen molar-refractivity contribution in [1.29, 1.82) is 0 Å². The van der Waals surface area contributed by atoms with E-state index in [1.54, 1.807) is 0 Å². The monoisotopic (exact) mass is 285 g/mol. The van der Waals surface area contributed by atoms with Crippen molar-refractivity contribution in [1.82, 2.24) is 5.32 Å². The van der Waals surface area contributed by atoms with Gasteiger partial charge in [0.2, 0.25) is 0 Å². The molecule has 1 amide bonds. The number of rotatable bonds is 7. The molecule has 0 radical (unpaired) electrons. The molecule has 5 nitrogen and oxygen atoms in total. The SMILES string of the molecule is CCCCNC(=O)COc1ccc(S(C)(=O)=O)cc1. The molecule has 0 atom stereocenters. The number of carbonyl (C=O) groups is 1. The summed E-state index contributed by atoms with van der Waals surface area (Å²) in [4.78, 5) is 11.6. The van der Waals surface area contributed by atoms with Gasteiger partial charge in [0.15, 0.2) is 16.4 Å². The molecule has 6 heteroatoms. The third kappa shape index (κ3) is 5.74. The van der Waals surface area contributed by atoms with E-state index in [-0.39, 0.29) is 17.4 Å². The zero-order valence-corrected chi connectivity index (χ0v) is 12.0. The minimum atomic E-state index is -3.20. The normalized spacial score (nSPS) is 11.1. The van der Waals surface area contributed by atoms with E-state index in [2.05, 4.69) is 5.32 Å². The highest BCUT2D eigenvalue weighted by Gasteiger charge is 2.07. The Hall–Kier alpha value is -1.56. The second-order valence-corrected chi connectivity index (χ2v) is 6.25. The molecule has 0 aliphatic carbocycles. The Balaban J connectivity index is 2.44. The number of hydrogen-bond acceptors (Lipinski definition) is 4. The number of ether oxygens (including phenoxy) is 1. The molecular formula is C13H19NO4S. The first kappa shape index (κ1) is 15.5. The van der Waals surface area contributed by atoms with Crippen molar-refractivity contribution in [2.24, 2.45) is 0 Å². The maximum Gasteiger partial charge on any atom is 0.257 e. The number of benzene rings is 1. The molecule has 106 valence electrons. The molecule has 0 aliphatic heterocycles. The van der Waals surface area contributed by atoms with Crippen molar-refractivity contribution in [2.45, 2.75) is 24.7 Å². The number of unbranched alkanes of at least 4 members (excludes halogenated alkanes) is 1. The summed E-state index contributed by atoms with van der Waals surface area (Å²) in [6.45, 7) is 2.62. The maximum absolute atomic E-state index is 11.4. The predicted octanol–water partition coefficient (Wildman–Crippen LogP) is 1.39. The fourth-order valence-electron chi connectivity index (χ4n) is 1.39. The summed E-state index contributed by atoms with van der Waals surface area (Å²) in [5, 5.41) is 2.73. The van der Waals surface area contributed by atoms with Crippen LogP contribution in [0, 0.1) is 0 Å². The number of hydrogen-bond donors (Lipinski definition) is 1. The van der Waals surface area contributed by atoms with Crippen molar-refractivity contribution >= 4 is 15.7 Å². The molecule has 0 unspecified atom stereocenters. The molecule has 0 aliphatic rings. The van der Waals surface area contributed by atoms with E-state index in [1.165, 1.54) is 24.3 Å². The largest absolute Gasteiger partial charge is 0.484 e. The number of sulfone groups is 1. The first-order chi connectivity index (χ1) is 8.93. The van der Waals surface area contributed by atoms with E-state index < -0.39 is 9.84 Å². The Morgan fingerprint density at radius 2 is 1.89 bits per heavy atom. The Bertz CT molecular complexity index is 508. The fourth-order valence-corrected chi connectivity index (χ4v) is 2.02. The highest BCUT2D eigenvalue weighted by Crippen LogP contribution is 2.15. The lowest BCUT2D eigenvalue weighted by Crippen LogP contribution is -2.29. The summed E-state index contributed by atoms with van der Waals surface area (Å²) in [6, 6.07) is 5.99. The van der Waals surface area contributed by atoms with E-state index in [9.17, 15) is 13.2 Å². The van der Waals surface area contributed by atoms with Crippen LogP contribution in [0.5, 0.6) is 5.75 Å². The predicted molar refractivity (Wildman–Crippen MR) is 73.0 cm³/mol. The van der Waals surface area contributed by atoms with Crippen molar-refractivity contribution in [3.05, 3.63) is 24.3 Å². The van der Waals surface area contributed by atoms with Gasteiger partial charge in [-0.15, -0.1) is 0 Å². The molecule has 0 heterocycles. The second kappa shape index (κ2) is 7.13. The van der Waals surface area contributed by atoms with Crippen LogP contribution in [0.1, 0.15) is 19.8 Å². The summed E-state index contributed by atoms with van der Waals surface area (Å²) in [7, 11) is -3.20. The smallest absolute Gasteiger partial charge is 0.257 e.